The van der Waals surface area contributed by atoms with Gasteiger partial charge in [-0.1, -0.05) is 11.6 Å². The van der Waals surface area contributed by atoms with Gasteiger partial charge in [0.05, 0.1) is 11.3 Å². The zero-order chi connectivity index (χ0) is 13.1. The molecule has 0 N–H and O–H groups in total. The number of ketones is 1. The molecule has 0 bridgehead atoms. The molecule has 0 saturated heterocycles. The summed E-state index contributed by atoms with van der Waals surface area (Å²) in [7, 11) is 0. The van der Waals surface area contributed by atoms with Gasteiger partial charge in [-0.15, -0.1) is 0 Å². The van der Waals surface area contributed by atoms with Crippen molar-refractivity contribution in [3.05, 3.63) is 46.7 Å². The lowest BCUT2D eigenvalue weighted by Gasteiger charge is -2.04. The molecule has 0 unspecified atom stereocenters. The fourth-order valence-corrected chi connectivity index (χ4v) is 2.35. The molecule has 0 fully saturated rings. The second kappa shape index (κ2) is 5.50. The third-order valence-electron chi connectivity index (χ3n) is 2.36. The minimum atomic E-state index is -0.0180. The summed E-state index contributed by atoms with van der Waals surface area (Å²) in [5.74, 6) is -0.0180. The number of carbonyl (C=O) groups is 1. The summed E-state index contributed by atoms with van der Waals surface area (Å²) >= 11 is 7.26. The molecule has 0 spiro atoms. The van der Waals surface area contributed by atoms with Gasteiger partial charge in [-0.05, 0) is 49.9 Å². The summed E-state index contributed by atoms with van der Waals surface area (Å²) in [6, 6.07) is 7.45. The Labute approximate surface area is 115 Å². The summed E-state index contributed by atoms with van der Waals surface area (Å²) in [5, 5.41) is 1.32. The van der Waals surface area contributed by atoms with Gasteiger partial charge in [0.25, 0.3) is 0 Å². The van der Waals surface area contributed by atoms with Crippen LogP contribution in [0.15, 0.2) is 40.5 Å². The molecule has 0 aliphatic carbocycles. The largest absolute Gasteiger partial charge is 0.294 e. The number of benzene rings is 1. The Hall–Kier alpha value is -1.39. The topological polar surface area (TPSA) is 42.9 Å². The Morgan fingerprint density at radius 2 is 1.94 bits per heavy atom. The maximum absolute atomic E-state index is 11.3. The van der Waals surface area contributed by atoms with E-state index in [0.29, 0.717) is 21.4 Å². The molecule has 2 aromatic rings. The third kappa shape index (κ3) is 3.09. The number of rotatable bonds is 3. The first-order valence-electron chi connectivity index (χ1n) is 5.34. The van der Waals surface area contributed by atoms with Crippen LogP contribution < -0.4 is 0 Å². The lowest BCUT2D eigenvalue weighted by atomic mass is 10.2. The fraction of sp³-hybridized carbons (Fsp3) is 0.154. The average molecular weight is 279 g/mol. The molecule has 0 aliphatic heterocycles. The molecule has 18 heavy (non-hydrogen) atoms. The number of carbonyl (C=O) groups excluding carboxylic acids is 1. The van der Waals surface area contributed by atoms with Crippen molar-refractivity contribution in [1.82, 2.24) is 9.97 Å². The van der Waals surface area contributed by atoms with E-state index < -0.39 is 0 Å². The summed E-state index contributed by atoms with van der Waals surface area (Å²) in [4.78, 5) is 20.8. The molecular weight excluding hydrogens is 268 g/mol. The maximum atomic E-state index is 11.3. The second-order valence-corrected chi connectivity index (χ2v) is 5.24. The number of aromatic nitrogens is 2. The summed E-state index contributed by atoms with van der Waals surface area (Å²) < 4.78 is 0. The van der Waals surface area contributed by atoms with E-state index in [0.717, 1.165) is 4.90 Å². The predicted octanol–water partition coefficient (Wildman–Crippen LogP) is 3.79. The van der Waals surface area contributed by atoms with Gasteiger partial charge in [0.2, 0.25) is 0 Å². The summed E-state index contributed by atoms with van der Waals surface area (Å²) in [6.07, 6.45) is 1.57. The lowest BCUT2D eigenvalue weighted by Crippen LogP contribution is -2.01. The Morgan fingerprint density at radius 1 is 1.28 bits per heavy atom. The number of hydrogen-bond acceptors (Lipinski definition) is 4. The molecule has 2 rings (SSSR count). The van der Waals surface area contributed by atoms with Gasteiger partial charge >= 0.3 is 0 Å². The van der Waals surface area contributed by atoms with Gasteiger partial charge in [0.15, 0.2) is 10.9 Å². The number of Topliss-reactive ketones (excluding diaryl/α,β-unsaturated/α-hetero) is 1. The monoisotopic (exact) mass is 278 g/mol. The van der Waals surface area contributed by atoms with Crippen LogP contribution in [0, 0.1) is 6.92 Å². The van der Waals surface area contributed by atoms with Gasteiger partial charge in [0.1, 0.15) is 0 Å². The highest BCUT2D eigenvalue weighted by molar-refractivity contribution is 7.99. The van der Waals surface area contributed by atoms with Gasteiger partial charge in [-0.3, -0.25) is 4.79 Å². The molecule has 0 radical (unpaired) electrons. The van der Waals surface area contributed by atoms with E-state index >= 15 is 0 Å². The number of nitrogens with zero attached hydrogens (tertiary/aromatic N) is 2. The molecule has 1 heterocycles. The molecule has 0 amide bonds. The average Bonchev–Trinajstić information content (AvgIpc) is 2.32. The maximum Gasteiger partial charge on any atom is 0.192 e. The van der Waals surface area contributed by atoms with Gasteiger partial charge in [-0.25, -0.2) is 9.97 Å². The number of aryl methyl sites for hydroxylation is 1. The van der Waals surface area contributed by atoms with E-state index in [2.05, 4.69) is 9.97 Å². The highest BCUT2D eigenvalue weighted by Gasteiger charge is 2.08. The molecule has 3 nitrogen and oxygen atoms in total. The Kier molecular flexibility index (Phi) is 3.99. The molecule has 0 aliphatic rings. The molecule has 1 aromatic heterocycles. The predicted molar refractivity (Wildman–Crippen MR) is 72.3 cm³/mol. The molecule has 0 saturated carbocycles. The lowest BCUT2D eigenvalue weighted by molar-refractivity contribution is 0.101. The van der Waals surface area contributed by atoms with Crippen LogP contribution in [0.3, 0.4) is 0 Å². The number of hydrogen-bond donors (Lipinski definition) is 0. The van der Waals surface area contributed by atoms with Crippen LogP contribution in [0.1, 0.15) is 23.0 Å². The van der Waals surface area contributed by atoms with E-state index in [1.807, 2.05) is 31.2 Å². The minimum Gasteiger partial charge on any atom is -0.294 e. The molecule has 1 aromatic carbocycles. The Morgan fingerprint density at radius 3 is 2.50 bits per heavy atom. The van der Waals surface area contributed by atoms with Crippen LogP contribution in [0.2, 0.25) is 5.02 Å². The first-order chi connectivity index (χ1) is 8.56. The van der Waals surface area contributed by atoms with E-state index in [1.54, 1.807) is 6.20 Å². The third-order valence-corrected chi connectivity index (χ3v) is 3.50. The smallest absolute Gasteiger partial charge is 0.192 e. The quantitative estimate of drug-likeness (QED) is 0.633. The van der Waals surface area contributed by atoms with Crippen molar-refractivity contribution >= 4 is 29.1 Å². The SMILES string of the molecule is CC(=O)c1cnc(Sc2ccc(Cl)cc2)nc1C. The van der Waals surface area contributed by atoms with E-state index in [1.165, 1.54) is 18.7 Å². The van der Waals surface area contributed by atoms with Crippen molar-refractivity contribution in [1.29, 1.82) is 0 Å². The van der Waals surface area contributed by atoms with E-state index in [-0.39, 0.29) is 5.78 Å². The normalized spacial score (nSPS) is 10.4. The van der Waals surface area contributed by atoms with Gasteiger partial charge in [0, 0.05) is 16.1 Å². The Balaban J connectivity index is 2.22. The number of halogens is 1. The molecule has 5 heteroatoms. The standard InChI is InChI=1S/C13H11ClN2OS/c1-8-12(9(2)17)7-15-13(16-8)18-11-5-3-10(14)4-6-11/h3-7H,1-2H3. The van der Waals surface area contributed by atoms with Crippen LogP contribution in [-0.2, 0) is 0 Å². The zero-order valence-electron chi connectivity index (χ0n) is 9.98. The van der Waals surface area contributed by atoms with Crippen molar-refractivity contribution in [2.45, 2.75) is 23.9 Å². The van der Waals surface area contributed by atoms with Crippen LogP contribution >= 0.6 is 23.4 Å². The summed E-state index contributed by atoms with van der Waals surface area (Å²) in [5.41, 5.74) is 1.27. The fourth-order valence-electron chi connectivity index (χ4n) is 1.45. The first-order valence-corrected chi connectivity index (χ1v) is 6.53. The van der Waals surface area contributed by atoms with Gasteiger partial charge < -0.3 is 0 Å². The van der Waals surface area contributed by atoms with Crippen LogP contribution in [0.25, 0.3) is 0 Å². The highest BCUT2D eigenvalue weighted by atomic mass is 35.5. The van der Waals surface area contributed by atoms with E-state index in [4.69, 9.17) is 11.6 Å². The molecule has 92 valence electrons. The van der Waals surface area contributed by atoms with Crippen LogP contribution in [0.4, 0.5) is 0 Å². The van der Waals surface area contributed by atoms with Crippen LogP contribution in [0.5, 0.6) is 0 Å². The van der Waals surface area contributed by atoms with Crippen LogP contribution in [-0.4, -0.2) is 15.8 Å². The van der Waals surface area contributed by atoms with Crippen molar-refractivity contribution in [3.63, 3.8) is 0 Å². The molecule has 0 atom stereocenters. The van der Waals surface area contributed by atoms with Crippen molar-refractivity contribution in [3.8, 4) is 0 Å². The van der Waals surface area contributed by atoms with Crippen molar-refractivity contribution in [2.75, 3.05) is 0 Å². The molecular formula is C13H11ClN2OS. The zero-order valence-corrected chi connectivity index (χ0v) is 11.5. The van der Waals surface area contributed by atoms with Crippen molar-refractivity contribution < 1.29 is 4.79 Å². The minimum absolute atomic E-state index is 0.0180. The summed E-state index contributed by atoms with van der Waals surface area (Å²) in [6.45, 7) is 3.32. The van der Waals surface area contributed by atoms with E-state index in [9.17, 15) is 4.79 Å². The highest BCUT2D eigenvalue weighted by Crippen LogP contribution is 2.26. The second-order valence-electron chi connectivity index (χ2n) is 3.76. The Bertz CT molecular complexity index is 584. The van der Waals surface area contributed by atoms with Gasteiger partial charge in [-0.2, -0.15) is 0 Å². The van der Waals surface area contributed by atoms with Crippen molar-refractivity contribution in [2.24, 2.45) is 0 Å². The first kappa shape index (κ1) is 13.1.